The molecular formula is C13H22N4OS. The summed E-state index contributed by atoms with van der Waals surface area (Å²) in [6.45, 7) is 2.86. The van der Waals surface area contributed by atoms with Crippen molar-refractivity contribution in [3.63, 3.8) is 0 Å². The van der Waals surface area contributed by atoms with E-state index in [0.717, 1.165) is 18.7 Å². The number of nitrogens with zero attached hydrogens (tertiary/aromatic N) is 3. The highest BCUT2D eigenvalue weighted by Gasteiger charge is 2.28. The van der Waals surface area contributed by atoms with Crippen molar-refractivity contribution in [3.8, 4) is 0 Å². The van der Waals surface area contributed by atoms with Crippen molar-refractivity contribution >= 4 is 17.4 Å². The van der Waals surface area contributed by atoms with Gasteiger partial charge in [0.1, 0.15) is 4.88 Å². The van der Waals surface area contributed by atoms with Crippen LogP contribution in [0.25, 0.3) is 0 Å². The predicted molar refractivity (Wildman–Crippen MR) is 76.4 cm³/mol. The van der Waals surface area contributed by atoms with Crippen molar-refractivity contribution in [1.29, 1.82) is 0 Å². The van der Waals surface area contributed by atoms with Crippen molar-refractivity contribution in [3.05, 3.63) is 10.6 Å². The van der Waals surface area contributed by atoms with Gasteiger partial charge >= 0.3 is 0 Å². The van der Waals surface area contributed by atoms with Crippen molar-refractivity contribution in [2.75, 3.05) is 20.6 Å². The minimum atomic E-state index is -0.0110. The van der Waals surface area contributed by atoms with E-state index in [1.165, 1.54) is 30.8 Å². The average molecular weight is 282 g/mol. The van der Waals surface area contributed by atoms with E-state index in [1.807, 2.05) is 6.92 Å². The molecule has 1 aliphatic carbocycles. The number of rotatable bonds is 4. The number of aryl methyl sites for hydroxylation is 1. The lowest BCUT2D eigenvalue weighted by molar-refractivity contribution is 0.0899. The molecular weight excluding hydrogens is 260 g/mol. The summed E-state index contributed by atoms with van der Waals surface area (Å²) in [6.07, 6.45) is 4.75. The summed E-state index contributed by atoms with van der Waals surface area (Å²) in [5.41, 5.74) is 0.725. The van der Waals surface area contributed by atoms with Crippen molar-refractivity contribution in [2.24, 2.45) is 5.92 Å². The van der Waals surface area contributed by atoms with Gasteiger partial charge in [-0.25, -0.2) is 0 Å². The number of amides is 1. The van der Waals surface area contributed by atoms with E-state index in [-0.39, 0.29) is 11.9 Å². The number of hydrogen-bond acceptors (Lipinski definition) is 5. The minimum absolute atomic E-state index is 0.0110. The molecule has 106 valence electrons. The molecule has 1 aliphatic rings. The van der Waals surface area contributed by atoms with Crippen LogP contribution in [0.4, 0.5) is 0 Å². The quantitative estimate of drug-likeness (QED) is 0.913. The first kappa shape index (κ1) is 14.4. The largest absolute Gasteiger partial charge is 0.348 e. The van der Waals surface area contributed by atoms with Gasteiger partial charge in [-0.15, -0.1) is 5.10 Å². The highest BCUT2D eigenvalue weighted by atomic mass is 32.1. The number of aromatic nitrogens is 2. The van der Waals surface area contributed by atoms with Crippen molar-refractivity contribution < 1.29 is 4.79 Å². The molecule has 1 aromatic heterocycles. The molecule has 0 bridgehead atoms. The normalized spacial score (nSPS) is 23.6. The Morgan fingerprint density at radius 1 is 1.42 bits per heavy atom. The Hall–Kier alpha value is -1.01. The van der Waals surface area contributed by atoms with Crippen LogP contribution in [-0.4, -0.2) is 47.1 Å². The maximum Gasteiger partial charge on any atom is 0.265 e. The number of carbonyl (C=O) groups excluding carboxylic acids is 1. The van der Waals surface area contributed by atoms with Gasteiger partial charge in [0, 0.05) is 12.6 Å². The van der Waals surface area contributed by atoms with Crippen LogP contribution in [0, 0.1) is 12.8 Å². The number of carbonyl (C=O) groups is 1. The molecule has 0 aromatic carbocycles. The van der Waals surface area contributed by atoms with Gasteiger partial charge in [-0.3, -0.25) is 4.79 Å². The zero-order valence-electron chi connectivity index (χ0n) is 11.8. The molecule has 1 aromatic rings. The highest BCUT2D eigenvalue weighted by molar-refractivity contribution is 7.08. The van der Waals surface area contributed by atoms with Crippen LogP contribution in [0.15, 0.2) is 0 Å². The fourth-order valence-corrected chi connectivity index (χ4v) is 3.32. The lowest BCUT2D eigenvalue weighted by Crippen LogP contribution is -2.45. The first-order valence-corrected chi connectivity index (χ1v) is 7.60. The average Bonchev–Trinajstić information content (AvgIpc) is 2.77. The van der Waals surface area contributed by atoms with Gasteiger partial charge in [0.15, 0.2) is 0 Å². The maximum absolute atomic E-state index is 12.2. The third-order valence-electron chi connectivity index (χ3n) is 3.68. The van der Waals surface area contributed by atoms with Gasteiger partial charge < -0.3 is 10.2 Å². The Morgan fingerprint density at radius 3 is 2.79 bits per heavy atom. The fourth-order valence-electron chi connectivity index (χ4n) is 2.76. The summed E-state index contributed by atoms with van der Waals surface area (Å²) in [6, 6.07) is 0.283. The van der Waals surface area contributed by atoms with Crippen LogP contribution in [-0.2, 0) is 0 Å². The van der Waals surface area contributed by atoms with Crippen LogP contribution >= 0.6 is 11.5 Å². The molecule has 0 saturated heterocycles. The van der Waals surface area contributed by atoms with Crippen molar-refractivity contribution in [2.45, 2.75) is 38.6 Å². The maximum atomic E-state index is 12.2. The van der Waals surface area contributed by atoms with E-state index in [0.29, 0.717) is 10.8 Å². The van der Waals surface area contributed by atoms with Crippen LogP contribution in [0.3, 0.4) is 0 Å². The summed E-state index contributed by atoms with van der Waals surface area (Å²) in [7, 11) is 4.18. The molecule has 1 heterocycles. The number of hydrogen-bond donors (Lipinski definition) is 1. The SMILES string of the molecule is Cc1nnsc1C(=O)NC1CCCCC1CN(C)C. The van der Waals surface area contributed by atoms with Crippen LogP contribution in [0.5, 0.6) is 0 Å². The number of nitrogens with one attached hydrogen (secondary N) is 1. The molecule has 2 unspecified atom stereocenters. The molecule has 19 heavy (non-hydrogen) atoms. The van der Waals surface area contributed by atoms with E-state index >= 15 is 0 Å². The first-order valence-electron chi connectivity index (χ1n) is 6.82. The van der Waals surface area contributed by atoms with Crippen LogP contribution in [0.1, 0.15) is 41.0 Å². The van der Waals surface area contributed by atoms with Crippen molar-refractivity contribution in [1.82, 2.24) is 19.8 Å². The monoisotopic (exact) mass is 282 g/mol. The molecule has 5 nitrogen and oxygen atoms in total. The summed E-state index contributed by atoms with van der Waals surface area (Å²) in [5.74, 6) is 0.539. The van der Waals surface area contributed by atoms with E-state index in [2.05, 4.69) is 33.9 Å². The van der Waals surface area contributed by atoms with Crippen LogP contribution in [0.2, 0.25) is 0 Å². The Labute approximate surface area is 118 Å². The third kappa shape index (κ3) is 3.73. The Morgan fingerprint density at radius 2 is 2.16 bits per heavy atom. The predicted octanol–water partition coefficient (Wildman–Crippen LogP) is 1.70. The Kier molecular flexibility index (Phi) is 4.87. The van der Waals surface area contributed by atoms with Gasteiger partial charge in [-0.05, 0) is 51.3 Å². The molecule has 1 amide bonds. The topological polar surface area (TPSA) is 58.1 Å². The molecule has 1 N–H and O–H groups in total. The second-order valence-corrected chi connectivity index (χ2v) is 6.33. The molecule has 2 rings (SSSR count). The minimum Gasteiger partial charge on any atom is -0.348 e. The van der Waals surface area contributed by atoms with E-state index in [9.17, 15) is 4.79 Å². The van der Waals surface area contributed by atoms with Crippen LogP contribution < -0.4 is 5.32 Å². The van der Waals surface area contributed by atoms with Gasteiger partial charge in [0.05, 0.1) is 5.69 Å². The summed E-state index contributed by atoms with van der Waals surface area (Å²) < 4.78 is 3.83. The zero-order valence-corrected chi connectivity index (χ0v) is 12.7. The summed E-state index contributed by atoms with van der Waals surface area (Å²) >= 11 is 1.18. The van der Waals surface area contributed by atoms with E-state index < -0.39 is 0 Å². The van der Waals surface area contributed by atoms with E-state index in [4.69, 9.17) is 0 Å². The lowest BCUT2D eigenvalue weighted by atomic mass is 9.84. The van der Waals surface area contributed by atoms with Gasteiger partial charge in [-0.1, -0.05) is 17.3 Å². The third-order valence-corrected chi connectivity index (χ3v) is 4.51. The molecule has 2 atom stereocenters. The molecule has 1 fully saturated rings. The standard InChI is InChI=1S/C13H22N4OS/c1-9-12(19-16-15-9)13(18)14-11-7-5-4-6-10(11)8-17(2)3/h10-11H,4-8H2,1-3H3,(H,14,18). The summed E-state index contributed by atoms with van der Waals surface area (Å²) in [5, 5.41) is 7.08. The first-order chi connectivity index (χ1) is 9.08. The molecule has 0 spiro atoms. The second-order valence-electron chi connectivity index (χ2n) is 5.57. The second kappa shape index (κ2) is 6.43. The highest BCUT2D eigenvalue weighted by Crippen LogP contribution is 2.25. The van der Waals surface area contributed by atoms with E-state index in [1.54, 1.807) is 0 Å². The van der Waals surface area contributed by atoms with Gasteiger partial charge in [0.2, 0.25) is 0 Å². The smallest absolute Gasteiger partial charge is 0.265 e. The lowest BCUT2D eigenvalue weighted by Gasteiger charge is -2.33. The van der Waals surface area contributed by atoms with Gasteiger partial charge in [0.25, 0.3) is 5.91 Å². The molecule has 0 aliphatic heterocycles. The molecule has 6 heteroatoms. The van der Waals surface area contributed by atoms with Gasteiger partial charge in [-0.2, -0.15) is 0 Å². The summed E-state index contributed by atoms with van der Waals surface area (Å²) in [4.78, 5) is 15.1. The molecule has 0 radical (unpaired) electrons. The zero-order chi connectivity index (χ0) is 13.8. The fraction of sp³-hybridized carbons (Fsp3) is 0.769. The Bertz CT molecular complexity index is 432. The molecule has 1 saturated carbocycles. The Balaban J connectivity index is 1.99.